The molecule has 2 unspecified atom stereocenters. The van der Waals surface area contributed by atoms with E-state index >= 15 is 0 Å². The fourth-order valence-electron chi connectivity index (χ4n) is 4.47. The van der Waals surface area contributed by atoms with Crippen LogP contribution in [0, 0.1) is 5.92 Å². The number of rotatable bonds is 3. The van der Waals surface area contributed by atoms with E-state index in [1.54, 1.807) is 0 Å². The van der Waals surface area contributed by atoms with E-state index in [1.165, 1.54) is 18.4 Å². The molecule has 4 aliphatic heterocycles. The molecular formula is C19H28N4O. The zero-order chi connectivity index (χ0) is 16.5. The van der Waals surface area contributed by atoms with Crippen LogP contribution >= 0.6 is 0 Å². The third-order valence-electron chi connectivity index (χ3n) is 5.76. The van der Waals surface area contributed by atoms with Crippen molar-refractivity contribution in [2.75, 3.05) is 19.6 Å². The maximum Gasteiger partial charge on any atom is 0.241 e. The highest BCUT2D eigenvalue weighted by Crippen LogP contribution is 2.29. The highest BCUT2D eigenvalue weighted by molar-refractivity contribution is 5.82. The predicted octanol–water partition coefficient (Wildman–Crippen LogP) is 1.36. The Hall–Kier alpha value is -1.43. The van der Waals surface area contributed by atoms with Crippen LogP contribution in [0.15, 0.2) is 30.3 Å². The predicted molar refractivity (Wildman–Crippen MR) is 94.1 cm³/mol. The second-order valence-electron chi connectivity index (χ2n) is 7.73. The highest BCUT2D eigenvalue weighted by Gasteiger charge is 2.39. The summed E-state index contributed by atoms with van der Waals surface area (Å²) in [5, 5.41) is 0. The van der Waals surface area contributed by atoms with Crippen molar-refractivity contribution in [1.29, 1.82) is 0 Å². The first kappa shape index (κ1) is 16.1. The average molecular weight is 328 g/mol. The Morgan fingerprint density at radius 2 is 1.96 bits per heavy atom. The molecule has 4 heterocycles. The van der Waals surface area contributed by atoms with Gasteiger partial charge in [0.1, 0.15) is 6.04 Å². The van der Waals surface area contributed by atoms with Gasteiger partial charge in [0.25, 0.3) is 0 Å². The Labute approximate surface area is 144 Å². The lowest BCUT2D eigenvalue weighted by Gasteiger charge is -2.36. The summed E-state index contributed by atoms with van der Waals surface area (Å²) in [6.45, 7) is 6.05. The molecule has 1 aromatic rings. The maximum absolute atomic E-state index is 12.9. The van der Waals surface area contributed by atoms with E-state index in [0.29, 0.717) is 18.0 Å². The molecule has 1 aromatic carbocycles. The van der Waals surface area contributed by atoms with Crippen LogP contribution in [-0.4, -0.2) is 53.5 Å². The van der Waals surface area contributed by atoms with Gasteiger partial charge in [-0.1, -0.05) is 30.3 Å². The van der Waals surface area contributed by atoms with Gasteiger partial charge in [0, 0.05) is 38.3 Å². The lowest BCUT2D eigenvalue weighted by atomic mass is 9.94. The topological polar surface area (TPSA) is 47.6 Å². The van der Waals surface area contributed by atoms with Crippen LogP contribution in [0.5, 0.6) is 0 Å². The Morgan fingerprint density at radius 3 is 2.71 bits per heavy atom. The molecule has 1 amide bonds. The fourth-order valence-corrected chi connectivity index (χ4v) is 4.47. The van der Waals surface area contributed by atoms with Crippen molar-refractivity contribution in [3.63, 3.8) is 0 Å². The Morgan fingerprint density at radius 1 is 1.12 bits per heavy atom. The molecule has 5 heteroatoms. The first-order chi connectivity index (χ1) is 11.7. The van der Waals surface area contributed by atoms with E-state index in [1.807, 2.05) is 0 Å². The van der Waals surface area contributed by atoms with Gasteiger partial charge in [-0.05, 0) is 37.7 Å². The summed E-state index contributed by atoms with van der Waals surface area (Å²) in [6, 6.07) is 11.5. The van der Waals surface area contributed by atoms with Crippen molar-refractivity contribution < 1.29 is 4.79 Å². The summed E-state index contributed by atoms with van der Waals surface area (Å²) < 4.78 is 0. The molecule has 4 fully saturated rings. The second-order valence-corrected chi connectivity index (χ2v) is 7.73. The SMILES string of the molecule is CC1CC(C(=O)N2C[C@H]3CC[C@@H](C2)N(Cc2ccccc2)C3)NN1. The molecule has 4 aliphatic rings. The number of benzene rings is 1. The van der Waals surface area contributed by atoms with Gasteiger partial charge in [0.15, 0.2) is 0 Å². The summed E-state index contributed by atoms with van der Waals surface area (Å²) in [5.74, 6) is 0.897. The van der Waals surface area contributed by atoms with Crippen molar-refractivity contribution in [2.45, 2.75) is 50.9 Å². The van der Waals surface area contributed by atoms with Gasteiger partial charge in [-0.2, -0.15) is 0 Å². The van der Waals surface area contributed by atoms with Crippen LogP contribution in [0.3, 0.4) is 0 Å². The molecular weight excluding hydrogens is 300 g/mol. The molecule has 0 radical (unpaired) electrons. The van der Waals surface area contributed by atoms with Crippen molar-refractivity contribution in [3.8, 4) is 0 Å². The normalized spacial score (nSPS) is 33.6. The lowest BCUT2D eigenvalue weighted by molar-refractivity contribution is -0.133. The molecule has 4 atom stereocenters. The Bertz CT molecular complexity index is 578. The molecule has 0 saturated carbocycles. The van der Waals surface area contributed by atoms with Crippen LogP contribution in [0.25, 0.3) is 0 Å². The Balaban J connectivity index is 1.43. The van der Waals surface area contributed by atoms with E-state index < -0.39 is 0 Å². The van der Waals surface area contributed by atoms with Crippen LogP contribution < -0.4 is 10.9 Å². The number of nitrogens with zero attached hydrogens (tertiary/aromatic N) is 2. The number of hydrogen-bond acceptors (Lipinski definition) is 4. The molecule has 0 aliphatic carbocycles. The summed E-state index contributed by atoms with van der Waals surface area (Å²) in [4.78, 5) is 17.6. The third-order valence-corrected chi connectivity index (χ3v) is 5.76. The van der Waals surface area contributed by atoms with Crippen molar-refractivity contribution in [2.24, 2.45) is 5.92 Å². The zero-order valence-electron chi connectivity index (χ0n) is 14.4. The van der Waals surface area contributed by atoms with Crippen LogP contribution in [0.2, 0.25) is 0 Å². The number of amides is 1. The smallest absolute Gasteiger partial charge is 0.241 e. The first-order valence-electron chi connectivity index (χ1n) is 9.27. The van der Waals surface area contributed by atoms with E-state index in [9.17, 15) is 4.79 Å². The summed E-state index contributed by atoms with van der Waals surface area (Å²) in [5.41, 5.74) is 7.72. The third kappa shape index (κ3) is 3.34. The number of hydrazine groups is 1. The molecule has 4 saturated heterocycles. The van der Waals surface area contributed by atoms with Crippen LogP contribution in [0.1, 0.15) is 31.7 Å². The second kappa shape index (κ2) is 6.82. The monoisotopic (exact) mass is 328 g/mol. The zero-order valence-corrected chi connectivity index (χ0v) is 14.4. The summed E-state index contributed by atoms with van der Waals surface area (Å²) >= 11 is 0. The van der Waals surface area contributed by atoms with E-state index in [0.717, 1.165) is 32.6 Å². The van der Waals surface area contributed by atoms with Gasteiger partial charge in [-0.3, -0.25) is 15.1 Å². The molecule has 5 rings (SSSR count). The minimum absolute atomic E-state index is 0.0555. The maximum atomic E-state index is 12.9. The van der Waals surface area contributed by atoms with Crippen LogP contribution in [-0.2, 0) is 11.3 Å². The molecule has 2 N–H and O–H groups in total. The molecule has 2 bridgehead atoms. The molecule has 130 valence electrons. The first-order valence-corrected chi connectivity index (χ1v) is 9.27. The Kier molecular flexibility index (Phi) is 4.57. The molecule has 0 spiro atoms. The number of piperidine rings is 1. The van der Waals surface area contributed by atoms with Gasteiger partial charge in [0.2, 0.25) is 5.91 Å². The van der Waals surface area contributed by atoms with Gasteiger partial charge in [-0.15, -0.1) is 0 Å². The average Bonchev–Trinajstić information content (AvgIpc) is 2.83. The van der Waals surface area contributed by atoms with Crippen molar-refractivity contribution in [1.82, 2.24) is 20.7 Å². The van der Waals surface area contributed by atoms with E-state index in [4.69, 9.17) is 0 Å². The minimum Gasteiger partial charge on any atom is -0.339 e. The van der Waals surface area contributed by atoms with Gasteiger partial charge in [-0.25, -0.2) is 5.43 Å². The van der Waals surface area contributed by atoms with Gasteiger partial charge < -0.3 is 4.90 Å². The molecule has 5 nitrogen and oxygen atoms in total. The number of hydrogen-bond donors (Lipinski definition) is 2. The lowest BCUT2D eigenvalue weighted by Crippen LogP contribution is -2.48. The van der Waals surface area contributed by atoms with Crippen molar-refractivity contribution >= 4 is 5.91 Å². The largest absolute Gasteiger partial charge is 0.339 e. The van der Waals surface area contributed by atoms with Gasteiger partial charge in [0.05, 0.1) is 0 Å². The van der Waals surface area contributed by atoms with E-state index in [2.05, 4.69) is 57.9 Å². The fraction of sp³-hybridized carbons (Fsp3) is 0.632. The van der Waals surface area contributed by atoms with E-state index in [-0.39, 0.29) is 11.9 Å². The number of carbonyl (C=O) groups excluding carboxylic acids is 1. The molecule has 0 aromatic heterocycles. The molecule has 24 heavy (non-hydrogen) atoms. The standard InChI is InChI=1S/C19H28N4O/c1-14-9-18(21-20-14)19(24)23-12-16-7-8-17(13-23)22(11-16)10-15-5-3-2-4-6-15/h2-6,14,16-18,20-21H,7-13H2,1H3/t14?,16-,17-,18?/m0/s1. The summed E-state index contributed by atoms with van der Waals surface area (Å²) in [6.07, 6.45) is 3.36. The quantitative estimate of drug-likeness (QED) is 0.880. The number of fused-ring (bicyclic) bond motifs is 4. The van der Waals surface area contributed by atoms with Crippen molar-refractivity contribution in [3.05, 3.63) is 35.9 Å². The minimum atomic E-state index is -0.0555. The number of nitrogens with one attached hydrogen (secondary N) is 2. The van der Waals surface area contributed by atoms with Gasteiger partial charge >= 0.3 is 0 Å². The number of carbonyl (C=O) groups is 1. The summed E-state index contributed by atoms with van der Waals surface area (Å²) in [7, 11) is 0. The highest BCUT2D eigenvalue weighted by atomic mass is 16.2. The van der Waals surface area contributed by atoms with Crippen LogP contribution in [0.4, 0.5) is 0 Å².